The minimum absolute atomic E-state index is 0.963. The van der Waals surface area contributed by atoms with E-state index >= 15 is 0 Å². The zero-order chi connectivity index (χ0) is 49.7. The average molecular weight is 1020 g/mol. The lowest BCUT2D eigenvalue weighted by molar-refractivity contribution is -0.461. The standard InChI is InChI=1S/C24H19F30NO4S2/c25-11(26,13(29,30)15(33,34)17(37,38)18(39,40)20(43,44)22(47,48)24(52,53)54)1-3-60-9(8(59)55-10(5-56,6-57)7-58)61-4-2-12(27,28)14(31,32)16(35,36)19(41,42)21(45,46)23(49,50)51/h9,56-58H,1-7H2,(H,55,59). The van der Waals surface area contributed by atoms with Crippen LogP contribution in [0.25, 0.3) is 0 Å². The summed E-state index contributed by atoms with van der Waals surface area (Å²) in [6, 6.07) is 0. The molecule has 0 aromatic heterocycles. The third kappa shape index (κ3) is 9.53. The van der Waals surface area contributed by atoms with Crippen LogP contribution in [0, 0.1) is 0 Å². The molecule has 1 unspecified atom stereocenters. The molecule has 0 rings (SSSR count). The van der Waals surface area contributed by atoms with E-state index in [4.69, 9.17) is 0 Å². The van der Waals surface area contributed by atoms with Gasteiger partial charge in [0.2, 0.25) is 5.91 Å². The van der Waals surface area contributed by atoms with E-state index in [0.717, 1.165) is 0 Å². The highest BCUT2D eigenvalue weighted by atomic mass is 32.2. The molecule has 4 N–H and O–H groups in total. The van der Waals surface area contributed by atoms with Gasteiger partial charge >= 0.3 is 83.4 Å². The van der Waals surface area contributed by atoms with Crippen LogP contribution in [-0.2, 0) is 4.79 Å². The molecular weight excluding hydrogens is 1000 g/mol. The molecule has 0 bridgehead atoms. The monoisotopic (exact) mass is 1020 g/mol. The van der Waals surface area contributed by atoms with Crippen LogP contribution in [0.1, 0.15) is 12.8 Å². The molecule has 1 amide bonds. The summed E-state index contributed by atoms with van der Waals surface area (Å²) in [6.45, 7) is -4.97. The number of halogens is 30. The molecule has 0 radical (unpaired) electrons. The second-order valence-corrected chi connectivity index (χ2v) is 14.7. The summed E-state index contributed by atoms with van der Waals surface area (Å²) in [5, 5.41) is 29.0. The van der Waals surface area contributed by atoms with Crippen LogP contribution in [0.5, 0.6) is 0 Å². The Hall–Kier alpha value is -2.05. The van der Waals surface area contributed by atoms with E-state index in [2.05, 4.69) is 0 Å². The van der Waals surface area contributed by atoms with Crippen molar-refractivity contribution in [2.45, 2.75) is 106 Å². The number of nitrogens with one attached hydrogen (secondary N) is 1. The summed E-state index contributed by atoms with van der Waals surface area (Å²) in [5.41, 5.74) is -2.80. The fourth-order valence-corrected chi connectivity index (χ4v) is 6.25. The van der Waals surface area contributed by atoms with Gasteiger partial charge < -0.3 is 20.6 Å². The van der Waals surface area contributed by atoms with Crippen molar-refractivity contribution in [1.29, 1.82) is 0 Å². The lowest BCUT2D eigenvalue weighted by Gasteiger charge is -2.42. The van der Waals surface area contributed by atoms with Gasteiger partial charge in [-0.05, 0) is 0 Å². The number of thioether (sulfide) groups is 2. The minimum atomic E-state index is -9.03. The molecule has 37 heteroatoms. The maximum absolute atomic E-state index is 14.3. The molecule has 0 aromatic rings. The molecule has 0 aliphatic heterocycles. The zero-order valence-electron chi connectivity index (χ0n) is 27.9. The van der Waals surface area contributed by atoms with E-state index in [-0.39, 0.29) is 0 Å². The molecule has 61 heavy (non-hydrogen) atoms. The van der Waals surface area contributed by atoms with Crippen LogP contribution < -0.4 is 5.32 Å². The number of alkyl halides is 30. The maximum atomic E-state index is 14.3. The van der Waals surface area contributed by atoms with Gasteiger partial charge in [-0.25, -0.2) is 0 Å². The molecule has 0 saturated heterocycles. The molecule has 0 saturated carbocycles. The molecule has 0 aromatic carbocycles. The number of hydrogen-bond acceptors (Lipinski definition) is 6. The number of aliphatic hydroxyl groups is 3. The van der Waals surface area contributed by atoms with Gasteiger partial charge in [-0.1, -0.05) is 0 Å². The Morgan fingerprint density at radius 1 is 0.377 bits per heavy atom. The SMILES string of the molecule is O=C(NC(CO)(CO)CO)C(SCCC(F)(F)C(F)(F)C(F)(F)C(F)(F)C(F)(F)C(F)(F)F)SCCC(F)(F)C(F)(F)C(F)(F)C(F)(F)C(F)(F)C(F)(F)C(F)(F)C(F)(F)F. The van der Waals surface area contributed by atoms with E-state index in [1.165, 1.54) is 5.32 Å². The molecule has 0 heterocycles. The number of amides is 1. The van der Waals surface area contributed by atoms with E-state index in [0.29, 0.717) is 0 Å². The number of hydrogen-bond donors (Lipinski definition) is 4. The number of carbonyl (C=O) groups is 1. The van der Waals surface area contributed by atoms with Crippen molar-refractivity contribution in [2.75, 3.05) is 31.3 Å². The predicted octanol–water partition coefficient (Wildman–Crippen LogP) is 9.14. The highest BCUT2D eigenvalue weighted by molar-refractivity contribution is 8.18. The van der Waals surface area contributed by atoms with Gasteiger partial charge in [-0.15, -0.1) is 23.5 Å². The molecule has 0 aliphatic rings. The number of carbonyl (C=O) groups excluding carboxylic acids is 1. The molecule has 5 nitrogen and oxygen atoms in total. The third-order valence-electron chi connectivity index (χ3n) is 7.67. The first-order chi connectivity index (χ1) is 26.4. The van der Waals surface area contributed by atoms with E-state index in [1.54, 1.807) is 0 Å². The largest absolute Gasteiger partial charge is 0.460 e. The summed E-state index contributed by atoms with van der Waals surface area (Å²) >= 11 is -1.97. The fourth-order valence-electron chi connectivity index (χ4n) is 3.69. The van der Waals surface area contributed by atoms with Crippen molar-refractivity contribution in [3.05, 3.63) is 0 Å². The first-order valence-electron chi connectivity index (χ1n) is 14.4. The van der Waals surface area contributed by atoms with Crippen molar-refractivity contribution in [3.8, 4) is 0 Å². The first-order valence-corrected chi connectivity index (χ1v) is 16.5. The van der Waals surface area contributed by atoms with Crippen LogP contribution in [0.3, 0.4) is 0 Å². The van der Waals surface area contributed by atoms with Crippen LogP contribution in [0.15, 0.2) is 0 Å². The Balaban J connectivity index is 6.81. The highest BCUT2D eigenvalue weighted by Gasteiger charge is 2.95. The third-order valence-corrected chi connectivity index (χ3v) is 10.4. The Bertz CT molecular complexity index is 1480. The Kier molecular flexibility index (Phi) is 16.8. The summed E-state index contributed by atoms with van der Waals surface area (Å²) in [5.74, 6) is -107. The van der Waals surface area contributed by atoms with Crippen molar-refractivity contribution in [1.82, 2.24) is 5.32 Å². The van der Waals surface area contributed by atoms with Gasteiger partial charge in [-0.3, -0.25) is 4.79 Å². The summed E-state index contributed by atoms with van der Waals surface area (Å²) in [7, 11) is 0. The van der Waals surface area contributed by atoms with Crippen molar-refractivity contribution in [3.63, 3.8) is 0 Å². The summed E-state index contributed by atoms with van der Waals surface area (Å²) < 4.78 is 401. The van der Waals surface area contributed by atoms with Crippen LogP contribution in [0.2, 0.25) is 0 Å². The normalized spacial score (nSPS) is 16.5. The van der Waals surface area contributed by atoms with Gasteiger partial charge in [-0.2, -0.15) is 132 Å². The average Bonchev–Trinajstić information content (AvgIpc) is 3.07. The lowest BCUT2D eigenvalue weighted by Crippen LogP contribution is -2.74. The molecule has 0 fully saturated rings. The van der Waals surface area contributed by atoms with Crippen LogP contribution >= 0.6 is 23.5 Å². The predicted molar refractivity (Wildman–Crippen MR) is 142 cm³/mol. The highest BCUT2D eigenvalue weighted by Crippen LogP contribution is 2.65. The second-order valence-electron chi connectivity index (χ2n) is 12.0. The van der Waals surface area contributed by atoms with Gasteiger partial charge in [0.1, 0.15) is 10.1 Å². The minimum Gasteiger partial charge on any atom is -0.394 e. The Morgan fingerprint density at radius 3 is 0.803 bits per heavy atom. The Labute approximate surface area is 324 Å². The van der Waals surface area contributed by atoms with Crippen molar-refractivity contribution < 1.29 is 152 Å². The van der Waals surface area contributed by atoms with Gasteiger partial charge in [0.25, 0.3) is 0 Å². The number of rotatable bonds is 23. The van der Waals surface area contributed by atoms with E-state index < -0.39 is 167 Å². The van der Waals surface area contributed by atoms with Crippen molar-refractivity contribution >= 4 is 29.4 Å². The smallest absolute Gasteiger partial charge is 0.394 e. The summed E-state index contributed by atoms with van der Waals surface area (Å²) in [6.07, 6.45) is -22.5. The second kappa shape index (κ2) is 17.4. The van der Waals surface area contributed by atoms with Crippen molar-refractivity contribution in [2.24, 2.45) is 0 Å². The van der Waals surface area contributed by atoms with E-state index in [9.17, 15) is 152 Å². The quantitative estimate of drug-likeness (QED) is 0.0604. The molecular formula is C24H19F30NO4S2. The molecule has 366 valence electrons. The molecule has 0 spiro atoms. The zero-order valence-corrected chi connectivity index (χ0v) is 29.6. The van der Waals surface area contributed by atoms with Gasteiger partial charge in [0, 0.05) is 24.3 Å². The van der Waals surface area contributed by atoms with Gasteiger partial charge in [0.15, 0.2) is 0 Å². The van der Waals surface area contributed by atoms with Gasteiger partial charge in [0.05, 0.1) is 19.8 Å². The maximum Gasteiger partial charge on any atom is 0.460 e. The first kappa shape index (κ1) is 58.9. The lowest BCUT2D eigenvalue weighted by atomic mass is 9.88. The fraction of sp³-hybridized carbons (Fsp3) is 0.958. The Morgan fingerprint density at radius 2 is 0.590 bits per heavy atom. The summed E-state index contributed by atoms with van der Waals surface area (Å²) in [4.78, 5) is 12.6. The van der Waals surface area contributed by atoms with Crippen LogP contribution in [-0.4, -0.2) is 146 Å². The molecule has 1 atom stereocenters. The number of aliphatic hydroxyl groups excluding tert-OH is 3. The molecule has 0 aliphatic carbocycles. The van der Waals surface area contributed by atoms with Crippen LogP contribution in [0.4, 0.5) is 132 Å². The topological polar surface area (TPSA) is 89.8 Å². The van der Waals surface area contributed by atoms with E-state index in [1.807, 2.05) is 0 Å².